The molecule has 4 aromatic carbocycles. The van der Waals surface area contributed by atoms with E-state index in [0.29, 0.717) is 34.5 Å². The summed E-state index contributed by atoms with van der Waals surface area (Å²) in [5, 5.41) is 1.45. The highest BCUT2D eigenvalue weighted by atomic mass is 16.9. The minimum atomic E-state index is -1.36. The van der Waals surface area contributed by atoms with Gasteiger partial charge in [-0.1, -0.05) is 72.8 Å². The number of aromatic nitrogens is 4. The first-order valence-electron chi connectivity index (χ1n) is 14.9. The van der Waals surface area contributed by atoms with E-state index in [0.717, 1.165) is 22.5 Å². The van der Waals surface area contributed by atoms with Crippen molar-refractivity contribution in [3.8, 4) is 39.8 Å². The van der Waals surface area contributed by atoms with Crippen molar-refractivity contribution in [2.75, 3.05) is 7.05 Å². The molecule has 0 radical (unpaired) electrons. The van der Waals surface area contributed by atoms with E-state index in [2.05, 4.69) is 19.9 Å². The quantitative estimate of drug-likeness (QED) is 0.0914. The summed E-state index contributed by atoms with van der Waals surface area (Å²) >= 11 is 0. The fourth-order valence-corrected chi connectivity index (χ4v) is 5.03. The van der Waals surface area contributed by atoms with Crippen molar-refractivity contribution < 1.29 is 23.8 Å². The summed E-state index contributed by atoms with van der Waals surface area (Å²) in [7, 11) is 1.68. The first-order chi connectivity index (χ1) is 23.1. The summed E-state index contributed by atoms with van der Waals surface area (Å²) in [5.74, 6) is 2.08. The van der Waals surface area contributed by atoms with Crippen molar-refractivity contribution in [1.29, 1.82) is 0 Å². The second-order valence-electron chi connectivity index (χ2n) is 10.6. The lowest BCUT2D eigenvalue weighted by atomic mass is 10.1. The van der Waals surface area contributed by atoms with Crippen LogP contribution in [-0.2, 0) is 28.6 Å². The van der Waals surface area contributed by atoms with Gasteiger partial charge in [0, 0.05) is 36.1 Å². The normalized spacial score (nSPS) is 16.7. The number of carbonyl (C=O) groups is 1. The Hall–Kier alpha value is -5.97. The number of rotatable bonds is 11. The molecule has 0 amide bonds. The lowest BCUT2D eigenvalue weighted by molar-refractivity contribution is -0.141. The molecule has 2 aromatic heterocycles. The fraction of sp³-hybridized carbons (Fsp3) is 0.108. The van der Waals surface area contributed by atoms with Crippen LogP contribution in [-0.4, -0.2) is 38.0 Å². The zero-order chi connectivity index (χ0) is 32.1. The van der Waals surface area contributed by atoms with Crippen molar-refractivity contribution in [2.24, 2.45) is 0 Å². The van der Waals surface area contributed by atoms with Crippen LogP contribution in [0.3, 0.4) is 0 Å². The number of hydrogen-bond acceptors (Lipinski definition) is 10. The molecule has 1 aliphatic heterocycles. The van der Waals surface area contributed by atoms with Gasteiger partial charge in [-0.2, -0.15) is 0 Å². The molecule has 3 heterocycles. The molecule has 0 bridgehead atoms. The maximum Gasteiger partial charge on any atom is 0.368 e. The number of ether oxygens (including phenoxy) is 3. The van der Waals surface area contributed by atoms with E-state index in [1.165, 1.54) is 5.06 Å². The summed E-state index contributed by atoms with van der Waals surface area (Å²) < 4.78 is 17.5. The predicted octanol–water partition coefficient (Wildman–Crippen LogP) is 6.39. The molecule has 232 valence electrons. The van der Waals surface area contributed by atoms with Gasteiger partial charge in [0.05, 0.1) is 11.4 Å². The van der Waals surface area contributed by atoms with E-state index >= 15 is 0 Å². The molecule has 47 heavy (non-hydrogen) atoms. The zero-order valence-electron chi connectivity index (χ0n) is 25.4. The maximum absolute atomic E-state index is 13.3. The smallest absolute Gasteiger partial charge is 0.368 e. The summed E-state index contributed by atoms with van der Waals surface area (Å²) in [5.41, 5.74) is 2.91. The number of likely N-dealkylation sites (N-methyl/N-ethyl adjacent to an activating group) is 1. The SMILES string of the molecule is CN1OC1(C(=O)Oc1ccc(OCc2nccc(-c3ccccc3)n2)cc1)c1ccc(OCc2nccc(-c3ccccc3)n2)cc1. The Morgan fingerprint density at radius 2 is 1.09 bits per heavy atom. The molecule has 10 heteroatoms. The molecule has 2 atom stereocenters. The van der Waals surface area contributed by atoms with Gasteiger partial charge in [-0.05, 0) is 48.5 Å². The number of esters is 1. The predicted molar refractivity (Wildman–Crippen MR) is 173 cm³/mol. The van der Waals surface area contributed by atoms with Crippen molar-refractivity contribution >= 4 is 5.97 Å². The minimum Gasteiger partial charge on any atom is -0.486 e. The van der Waals surface area contributed by atoms with Gasteiger partial charge in [-0.15, -0.1) is 5.06 Å². The number of carbonyl (C=O) groups excluding carboxylic acids is 1. The lowest BCUT2D eigenvalue weighted by Gasteiger charge is -2.13. The van der Waals surface area contributed by atoms with E-state index in [1.807, 2.05) is 72.8 Å². The van der Waals surface area contributed by atoms with Gasteiger partial charge in [-0.3, -0.25) is 4.84 Å². The lowest BCUT2D eigenvalue weighted by Crippen LogP contribution is -2.30. The van der Waals surface area contributed by atoms with E-state index < -0.39 is 11.7 Å². The third-order valence-electron chi connectivity index (χ3n) is 7.52. The maximum atomic E-state index is 13.3. The second kappa shape index (κ2) is 13.2. The van der Waals surface area contributed by atoms with Gasteiger partial charge < -0.3 is 14.2 Å². The standard InChI is InChI=1S/C37H29N5O5/c1-42-37(47-42,28-12-14-29(15-13-28)44-24-34-38-22-20-32(40-34)26-8-4-2-5-9-26)36(43)46-31-18-16-30(17-19-31)45-25-35-39-23-21-33(41-35)27-10-6-3-7-11-27/h2-23H,24-25H2,1H3. The van der Waals surface area contributed by atoms with Crippen molar-refractivity contribution in [3.05, 3.63) is 151 Å². The summed E-state index contributed by atoms with van der Waals surface area (Å²) in [6.45, 7) is 0.380. The monoisotopic (exact) mass is 623 g/mol. The third-order valence-corrected chi connectivity index (χ3v) is 7.52. The van der Waals surface area contributed by atoms with Crippen LogP contribution in [0.2, 0.25) is 0 Å². The Kier molecular flexibility index (Phi) is 8.33. The highest BCUT2D eigenvalue weighted by molar-refractivity contribution is 5.84. The van der Waals surface area contributed by atoms with E-state index in [-0.39, 0.29) is 13.2 Å². The topological polar surface area (TPSA) is 112 Å². The van der Waals surface area contributed by atoms with Crippen molar-refractivity contribution in [3.63, 3.8) is 0 Å². The fourth-order valence-electron chi connectivity index (χ4n) is 5.03. The second-order valence-corrected chi connectivity index (χ2v) is 10.6. The Labute approximate surface area is 271 Å². The molecule has 0 spiro atoms. The average molecular weight is 624 g/mol. The Morgan fingerprint density at radius 3 is 1.55 bits per heavy atom. The Morgan fingerprint density at radius 1 is 0.638 bits per heavy atom. The Balaban J connectivity index is 0.945. The molecule has 0 N–H and O–H groups in total. The molecule has 7 rings (SSSR count). The van der Waals surface area contributed by atoms with Crippen LogP contribution in [0.1, 0.15) is 17.2 Å². The van der Waals surface area contributed by atoms with Gasteiger partial charge in [-0.25, -0.2) is 24.7 Å². The van der Waals surface area contributed by atoms with E-state index in [9.17, 15) is 4.79 Å². The summed E-state index contributed by atoms with van der Waals surface area (Å²) in [6, 6.07) is 37.4. The Bertz CT molecular complexity index is 1980. The number of nitrogens with zero attached hydrogens (tertiary/aromatic N) is 5. The molecule has 2 unspecified atom stereocenters. The average Bonchev–Trinajstić information content (AvgIpc) is 3.83. The van der Waals surface area contributed by atoms with Crippen molar-refractivity contribution in [2.45, 2.75) is 18.9 Å². The van der Waals surface area contributed by atoms with Gasteiger partial charge >= 0.3 is 5.97 Å². The first kappa shape index (κ1) is 29.7. The van der Waals surface area contributed by atoms with Crippen LogP contribution < -0.4 is 14.2 Å². The highest BCUT2D eigenvalue weighted by Crippen LogP contribution is 2.44. The van der Waals surface area contributed by atoms with Crippen LogP contribution in [0.4, 0.5) is 0 Å². The van der Waals surface area contributed by atoms with E-state index in [4.69, 9.17) is 19.0 Å². The summed E-state index contributed by atoms with van der Waals surface area (Å²) in [6.07, 6.45) is 3.43. The molecule has 10 nitrogen and oxygen atoms in total. The number of hydrogen-bond donors (Lipinski definition) is 0. The summed E-state index contributed by atoms with van der Waals surface area (Å²) in [4.78, 5) is 36.8. The van der Waals surface area contributed by atoms with E-state index in [1.54, 1.807) is 68.0 Å². The largest absolute Gasteiger partial charge is 0.486 e. The highest BCUT2D eigenvalue weighted by Gasteiger charge is 2.62. The van der Waals surface area contributed by atoms with Crippen LogP contribution in [0.5, 0.6) is 17.2 Å². The van der Waals surface area contributed by atoms with Gasteiger partial charge in [0.1, 0.15) is 30.5 Å². The minimum absolute atomic E-state index is 0.189. The first-order valence-corrected chi connectivity index (χ1v) is 14.9. The molecule has 0 aliphatic carbocycles. The van der Waals surface area contributed by atoms with Crippen LogP contribution >= 0.6 is 0 Å². The molecule has 6 aromatic rings. The molecule has 1 saturated heterocycles. The van der Waals surface area contributed by atoms with Crippen LogP contribution in [0.15, 0.2) is 134 Å². The molecular formula is C37H29N5O5. The third kappa shape index (κ3) is 6.69. The molecule has 0 saturated carbocycles. The van der Waals surface area contributed by atoms with Gasteiger partial charge in [0.25, 0.3) is 5.72 Å². The molecular weight excluding hydrogens is 594 g/mol. The zero-order valence-corrected chi connectivity index (χ0v) is 25.4. The number of hydroxylamine groups is 2. The molecule has 1 aliphatic rings. The van der Waals surface area contributed by atoms with Crippen LogP contribution in [0.25, 0.3) is 22.5 Å². The number of benzene rings is 4. The van der Waals surface area contributed by atoms with Gasteiger partial charge in [0.15, 0.2) is 11.6 Å². The van der Waals surface area contributed by atoms with Gasteiger partial charge in [0.2, 0.25) is 0 Å². The molecule has 1 fully saturated rings. The van der Waals surface area contributed by atoms with Crippen LogP contribution in [0, 0.1) is 0 Å². The van der Waals surface area contributed by atoms with Crippen molar-refractivity contribution in [1.82, 2.24) is 25.0 Å².